The summed E-state index contributed by atoms with van der Waals surface area (Å²) in [6.07, 6.45) is 0. The van der Waals surface area contributed by atoms with Crippen LogP contribution in [-0.4, -0.2) is 24.6 Å². The molecule has 3 aromatic heterocycles. The standard InChI is InChI=1S/C62H41N5/c1-6-16-42(17-7-1)44-26-32-50(33-27-44)60-63-61(51-34-28-45(29-35-51)43-18-8-2-9-19-43)65-62(64-60)52-36-30-46(31-37-52)53-38-39-54-41-56(47-20-10-3-11-21-47)67-59(55(54)40-53)57(48-22-12-4-13-23-48)58(66-67)49-24-14-5-15-25-49/h1-41H. The van der Waals surface area contributed by atoms with Crippen molar-refractivity contribution in [3.05, 3.63) is 249 Å². The molecule has 0 N–H and O–H groups in total. The van der Waals surface area contributed by atoms with Gasteiger partial charge in [0.2, 0.25) is 0 Å². The van der Waals surface area contributed by atoms with E-state index in [0.29, 0.717) is 17.5 Å². The van der Waals surface area contributed by atoms with Crippen LogP contribution in [0.4, 0.5) is 0 Å². The maximum atomic E-state index is 5.43. The van der Waals surface area contributed by atoms with Gasteiger partial charge in [-0.25, -0.2) is 19.5 Å². The molecule has 0 spiro atoms. The second-order valence-electron chi connectivity index (χ2n) is 16.7. The van der Waals surface area contributed by atoms with Crippen LogP contribution in [0.3, 0.4) is 0 Å². The Bertz CT molecular complexity index is 3570. The number of aromatic nitrogens is 5. The molecule has 5 heteroatoms. The van der Waals surface area contributed by atoms with E-state index < -0.39 is 0 Å². The normalized spacial score (nSPS) is 11.3. The monoisotopic (exact) mass is 855 g/mol. The third kappa shape index (κ3) is 7.64. The van der Waals surface area contributed by atoms with Gasteiger partial charge in [-0.1, -0.05) is 237 Å². The molecule has 314 valence electrons. The van der Waals surface area contributed by atoms with Crippen LogP contribution >= 0.6 is 0 Å². The fraction of sp³-hybridized carbons (Fsp3) is 0. The van der Waals surface area contributed by atoms with Gasteiger partial charge in [-0.2, -0.15) is 5.10 Å². The van der Waals surface area contributed by atoms with Gasteiger partial charge in [0.15, 0.2) is 17.5 Å². The topological polar surface area (TPSA) is 56.0 Å². The Hall–Kier alpha value is -9.06. The van der Waals surface area contributed by atoms with Crippen molar-refractivity contribution in [2.45, 2.75) is 0 Å². The zero-order chi connectivity index (χ0) is 44.5. The van der Waals surface area contributed by atoms with Crippen molar-refractivity contribution in [1.29, 1.82) is 0 Å². The predicted octanol–water partition coefficient (Wildman–Crippen LogP) is 15.7. The lowest BCUT2D eigenvalue weighted by molar-refractivity contribution is 0.979. The Morgan fingerprint density at radius 1 is 0.269 bits per heavy atom. The third-order valence-electron chi connectivity index (χ3n) is 12.5. The number of pyridine rings is 1. The smallest absolute Gasteiger partial charge is 0.164 e. The summed E-state index contributed by atoms with van der Waals surface area (Å²) in [4.78, 5) is 15.3. The van der Waals surface area contributed by atoms with Crippen LogP contribution in [0.25, 0.3) is 117 Å². The molecule has 0 bridgehead atoms. The molecule has 0 radical (unpaired) electrons. The van der Waals surface area contributed by atoms with Crippen molar-refractivity contribution >= 4 is 16.3 Å². The van der Waals surface area contributed by atoms with E-state index in [4.69, 9.17) is 20.1 Å². The Balaban J connectivity index is 0.969. The molecule has 0 fully saturated rings. The maximum Gasteiger partial charge on any atom is 0.164 e. The van der Waals surface area contributed by atoms with Gasteiger partial charge < -0.3 is 0 Å². The van der Waals surface area contributed by atoms with Gasteiger partial charge in [-0.3, -0.25) is 0 Å². The van der Waals surface area contributed by atoms with Crippen LogP contribution in [0.2, 0.25) is 0 Å². The van der Waals surface area contributed by atoms with E-state index in [0.717, 1.165) is 100 Å². The van der Waals surface area contributed by atoms with Crippen molar-refractivity contribution in [3.8, 4) is 101 Å². The lowest BCUT2D eigenvalue weighted by atomic mass is 9.95. The van der Waals surface area contributed by atoms with Crippen LogP contribution in [0.5, 0.6) is 0 Å². The second-order valence-corrected chi connectivity index (χ2v) is 16.7. The Morgan fingerprint density at radius 2 is 0.612 bits per heavy atom. The van der Waals surface area contributed by atoms with E-state index in [1.807, 2.05) is 12.1 Å². The molecule has 0 unspecified atom stereocenters. The molecule has 67 heavy (non-hydrogen) atoms. The summed E-state index contributed by atoms with van der Waals surface area (Å²) in [7, 11) is 0. The first kappa shape index (κ1) is 39.5. The van der Waals surface area contributed by atoms with Crippen LogP contribution in [-0.2, 0) is 0 Å². The number of nitrogens with zero attached hydrogens (tertiary/aromatic N) is 5. The van der Waals surface area contributed by atoms with E-state index in [2.05, 4.69) is 241 Å². The first-order chi connectivity index (χ1) is 33.2. The highest BCUT2D eigenvalue weighted by molar-refractivity contribution is 6.09. The van der Waals surface area contributed by atoms with Crippen molar-refractivity contribution in [2.24, 2.45) is 0 Å². The average molecular weight is 856 g/mol. The number of fused-ring (bicyclic) bond motifs is 3. The fourth-order valence-corrected chi connectivity index (χ4v) is 9.07. The van der Waals surface area contributed by atoms with Gasteiger partial charge in [0, 0.05) is 38.8 Å². The summed E-state index contributed by atoms with van der Waals surface area (Å²) in [5.74, 6) is 1.85. The van der Waals surface area contributed by atoms with Gasteiger partial charge in [0.1, 0.15) is 5.69 Å². The first-order valence-electron chi connectivity index (χ1n) is 22.5. The molecule has 0 aliphatic heterocycles. The minimum absolute atomic E-state index is 0.611. The predicted molar refractivity (Wildman–Crippen MR) is 275 cm³/mol. The molecule has 3 heterocycles. The summed E-state index contributed by atoms with van der Waals surface area (Å²) >= 11 is 0. The molecular weight excluding hydrogens is 815 g/mol. The first-order valence-corrected chi connectivity index (χ1v) is 22.5. The van der Waals surface area contributed by atoms with Crippen LogP contribution in [0, 0.1) is 0 Å². The Kier molecular flexibility index (Phi) is 10.1. The third-order valence-corrected chi connectivity index (χ3v) is 12.5. The molecule has 9 aromatic carbocycles. The van der Waals surface area contributed by atoms with Crippen molar-refractivity contribution in [1.82, 2.24) is 24.6 Å². The zero-order valence-corrected chi connectivity index (χ0v) is 36.4. The number of benzene rings is 9. The summed E-state index contributed by atoms with van der Waals surface area (Å²) in [6, 6.07) is 87.0. The molecule has 0 aliphatic rings. The SMILES string of the molecule is c1ccc(-c2ccc(-c3nc(-c4ccc(-c5ccccc5)cc4)nc(-c4ccc(-c5ccc6cc(-c7ccccc7)n7nc(-c8ccccc8)c(-c8ccccc8)c7c6c5)cc4)n3)cc2)cc1. The Labute approximate surface area is 389 Å². The second kappa shape index (κ2) is 17.1. The van der Waals surface area contributed by atoms with Crippen LogP contribution in [0.15, 0.2) is 249 Å². The molecule has 5 nitrogen and oxygen atoms in total. The number of hydrogen-bond donors (Lipinski definition) is 0. The average Bonchev–Trinajstić information content (AvgIpc) is 3.83. The van der Waals surface area contributed by atoms with E-state index in [1.165, 1.54) is 0 Å². The molecule has 12 aromatic rings. The van der Waals surface area contributed by atoms with E-state index in [1.54, 1.807) is 0 Å². The lowest BCUT2D eigenvalue weighted by Crippen LogP contribution is -2.00. The highest BCUT2D eigenvalue weighted by atomic mass is 15.2. The zero-order valence-electron chi connectivity index (χ0n) is 36.4. The Morgan fingerprint density at radius 3 is 1.06 bits per heavy atom. The van der Waals surface area contributed by atoms with Crippen molar-refractivity contribution in [3.63, 3.8) is 0 Å². The molecule has 12 rings (SSSR count). The number of rotatable bonds is 9. The minimum Gasteiger partial charge on any atom is -0.231 e. The lowest BCUT2D eigenvalue weighted by Gasteiger charge is -2.13. The van der Waals surface area contributed by atoms with Gasteiger partial charge in [0.25, 0.3) is 0 Å². The van der Waals surface area contributed by atoms with Gasteiger partial charge in [-0.15, -0.1) is 0 Å². The maximum absolute atomic E-state index is 5.43. The van der Waals surface area contributed by atoms with E-state index >= 15 is 0 Å². The quantitative estimate of drug-likeness (QED) is 0.145. The van der Waals surface area contributed by atoms with Gasteiger partial charge >= 0.3 is 0 Å². The van der Waals surface area contributed by atoms with Gasteiger partial charge in [0.05, 0.1) is 11.2 Å². The highest BCUT2D eigenvalue weighted by Crippen LogP contribution is 2.42. The van der Waals surface area contributed by atoms with Crippen molar-refractivity contribution in [2.75, 3.05) is 0 Å². The van der Waals surface area contributed by atoms with Gasteiger partial charge in [-0.05, 0) is 56.5 Å². The molecule has 0 saturated carbocycles. The summed E-state index contributed by atoms with van der Waals surface area (Å²) in [5.41, 5.74) is 17.0. The summed E-state index contributed by atoms with van der Waals surface area (Å²) in [5, 5.41) is 7.69. The van der Waals surface area contributed by atoms with E-state index in [9.17, 15) is 0 Å². The fourth-order valence-electron chi connectivity index (χ4n) is 9.07. The molecule has 0 atom stereocenters. The summed E-state index contributed by atoms with van der Waals surface area (Å²) in [6.45, 7) is 0. The van der Waals surface area contributed by atoms with Crippen LogP contribution < -0.4 is 0 Å². The largest absolute Gasteiger partial charge is 0.231 e. The molecular formula is C62H41N5. The summed E-state index contributed by atoms with van der Waals surface area (Å²) < 4.78 is 2.15. The molecule has 0 amide bonds. The minimum atomic E-state index is 0.611. The molecule has 0 aliphatic carbocycles. The molecule has 0 saturated heterocycles. The van der Waals surface area contributed by atoms with Crippen molar-refractivity contribution < 1.29 is 0 Å². The highest BCUT2D eigenvalue weighted by Gasteiger charge is 2.22. The van der Waals surface area contributed by atoms with E-state index in [-0.39, 0.29) is 0 Å². The number of hydrogen-bond acceptors (Lipinski definition) is 4. The van der Waals surface area contributed by atoms with Crippen LogP contribution in [0.1, 0.15) is 0 Å².